The summed E-state index contributed by atoms with van der Waals surface area (Å²) in [5.74, 6) is -1.01. The highest BCUT2D eigenvalue weighted by Crippen LogP contribution is 2.10. The van der Waals surface area contributed by atoms with Gasteiger partial charge in [0, 0.05) is 27.7 Å². The van der Waals surface area contributed by atoms with Gasteiger partial charge in [0.2, 0.25) is 0 Å². The van der Waals surface area contributed by atoms with Gasteiger partial charge >= 0.3 is 23.9 Å². The summed E-state index contributed by atoms with van der Waals surface area (Å²) in [6, 6.07) is 0. The molecule has 0 aromatic heterocycles. The number of hydrogen-bond acceptors (Lipinski definition) is 8. The third-order valence-electron chi connectivity index (χ3n) is 5.27. The number of esters is 4. The summed E-state index contributed by atoms with van der Waals surface area (Å²) in [6.45, 7) is 11.2. The lowest BCUT2D eigenvalue weighted by Gasteiger charge is -2.02. The Labute approximate surface area is 267 Å². The van der Waals surface area contributed by atoms with E-state index in [0.29, 0.717) is 26.4 Å². The third kappa shape index (κ3) is 45.3. The maximum atomic E-state index is 10.6. The van der Waals surface area contributed by atoms with E-state index in [1.165, 1.54) is 38.8 Å². The zero-order valence-corrected chi connectivity index (χ0v) is 26.5. The zero-order chi connectivity index (χ0) is 31.8. The Kier molecular flexibility index (Phi) is 38.1. The van der Waals surface area contributed by atoms with Crippen molar-refractivity contribution in [3.8, 4) is 0 Å². The van der Waals surface area contributed by atoms with E-state index in [1.54, 1.807) is 0 Å². The highest BCUT2D eigenvalue weighted by Gasteiger charge is 1.94. The molecule has 0 aliphatic carbocycles. The van der Waals surface area contributed by atoms with Crippen LogP contribution in [0.3, 0.4) is 0 Å². The van der Waals surface area contributed by atoms with Gasteiger partial charge in [-0.2, -0.15) is 0 Å². The summed E-state index contributed by atoms with van der Waals surface area (Å²) in [5.41, 5.74) is 2.58. The van der Waals surface area contributed by atoms with Gasteiger partial charge in [0.25, 0.3) is 0 Å². The summed E-state index contributed by atoms with van der Waals surface area (Å²) in [7, 11) is 0. The number of rotatable bonds is 20. The highest BCUT2D eigenvalue weighted by atomic mass is 16.5. The first-order chi connectivity index (χ1) is 20.0. The lowest BCUT2D eigenvalue weighted by Crippen LogP contribution is -1.98. The van der Waals surface area contributed by atoms with Crippen molar-refractivity contribution in [1.82, 2.24) is 0 Å². The minimum atomic E-state index is -0.253. The Morgan fingerprint density at radius 1 is 0.386 bits per heavy atom. The van der Waals surface area contributed by atoms with Crippen LogP contribution in [0.15, 0.2) is 71.9 Å². The second-order valence-electron chi connectivity index (χ2n) is 9.43. The number of allylic oxidation sites excluding steroid dienone is 8. The van der Waals surface area contributed by atoms with Crippen molar-refractivity contribution in [2.45, 2.75) is 108 Å². The fraction of sp³-hybridized carbons (Fsp3) is 0.556. The first kappa shape index (κ1) is 47.3. The molecule has 0 spiro atoms. The molecule has 0 fully saturated rings. The van der Waals surface area contributed by atoms with Crippen LogP contribution < -0.4 is 0 Å². The number of ether oxygens (including phenoxy) is 4. The van der Waals surface area contributed by atoms with Crippen LogP contribution in [0.25, 0.3) is 0 Å². The standard InChI is InChI=1S/C18H28O4.C16H24O4.2CH4/c1-15(9-6-5-7-13-21-17(3)19)10-8-11-16(2)12-14-22-18(4)20;1-15(17)19-13-11-9-7-5-3-4-6-8-10-12-14-20-16(2)18;;/h5,7,10,12H,6,8-9,11,13-14H2,1-4H3;3-4,9-12H,5-8,13-14H2,1-2H3;2*1H4/b7-5-,15-10-,16-12-;4-3-,11-9-,12-10-;;. The number of hydrogen-bond donors (Lipinski definition) is 0. The van der Waals surface area contributed by atoms with Crippen LogP contribution in [0.4, 0.5) is 0 Å². The molecule has 0 aliphatic heterocycles. The fourth-order valence-electron chi connectivity index (χ4n) is 3.04. The molecule has 0 aliphatic rings. The molecule has 8 heteroatoms. The molecule has 0 rings (SSSR count). The lowest BCUT2D eigenvalue weighted by atomic mass is 10.1. The van der Waals surface area contributed by atoms with Gasteiger partial charge in [-0.15, -0.1) is 0 Å². The maximum Gasteiger partial charge on any atom is 0.302 e. The SMILES string of the molecule is C.C.CC(=O)OC/C=C\CC/C(C)=C\CC/C(C)=C\COC(C)=O.CC(=O)OC/C=C\CC/C=C\CC/C=C\COC(C)=O. The molecule has 0 atom stereocenters. The Balaban J connectivity index is -0.000000349. The summed E-state index contributed by atoms with van der Waals surface area (Å²) in [4.78, 5) is 42.2. The van der Waals surface area contributed by atoms with Crippen molar-refractivity contribution in [1.29, 1.82) is 0 Å². The molecule has 0 aromatic carbocycles. The monoisotopic (exact) mass is 620 g/mol. The molecular weight excluding hydrogens is 560 g/mol. The predicted molar refractivity (Wildman–Crippen MR) is 181 cm³/mol. The molecule has 0 bridgehead atoms. The van der Waals surface area contributed by atoms with Gasteiger partial charge in [0.15, 0.2) is 0 Å². The molecule has 0 heterocycles. The minimum absolute atomic E-state index is 0. The highest BCUT2D eigenvalue weighted by molar-refractivity contribution is 5.66. The number of carbonyl (C=O) groups excluding carboxylic acids is 4. The van der Waals surface area contributed by atoms with Crippen LogP contribution >= 0.6 is 0 Å². The van der Waals surface area contributed by atoms with E-state index in [9.17, 15) is 19.2 Å². The van der Waals surface area contributed by atoms with Crippen molar-refractivity contribution in [2.24, 2.45) is 0 Å². The van der Waals surface area contributed by atoms with Crippen LogP contribution in [-0.4, -0.2) is 50.3 Å². The third-order valence-corrected chi connectivity index (χ3v) is 5.27. The van der Waals surface area contributed by atoms with Crippen LogP contribution in [0, 0.1) is 0 Å². The average Bonchev–Trinajstić information content (AvgIpc) is 2.90. The largest absolute Gasteiger partial charge is 0.462 e. The zero-order valence-electron chi connectivity index (χ0n) is 26.5. The fourth-order valence-corrected chi connectivity index (χ4v) is 3.04. The molecule has 0 saturated carbocycles. The van der Waals surface area contributed by atoms with Gasteiger partial charge in [0.05, 0.1) is 0 Å². The second-order valence-corrected chi connectivity index (χ2v) is 9.43. The van der Waals surface area contributed by atoms with E-state index in [4.69, 9.17) is 18.9 Å². The molecular formula is C36H60O8. The first-order valence-corrected chi connectivity index (χ1v) is 14.5. The summed E-state index contributed by atoms with van der Waals surface area (Å²) >= 11 is 0. The summed E-state index contributed by atoms with van der Waals surface area (Å²) < 4.78 is 19.2. The van der Waals surface area contributed by atoms with E-state index in [1.807, 2.05) is 49.5 Å². The van der Waals surface area contributed by atoms with Crippen molar-refractivity contribution in [3.05, 3.63) is 71.9 Å². The molecule has 0 saturated heterocycles. The molecule has 44 heavy (non-hydrogen) atoms. The molecule has 0 unspecified atom stereocenters. The summed E-state index contributed by atoms with van der Waals surface area (Å²) in [5, 5.41) is 0. The van der Waals surface area contributed by atoms with Crippen LogP contribution in [0.1, 0.15) is 108 Å². The van der Waals surface area contributed by atoms with Gasteiger partial charge in [-0.3, -0.25) is 19.2 Å². The topological polar surface area (TPSA) is 105 Å². The average molecular weight is 621 g/mol. The van der Waals surface area contributed by atoms with Crippen molar-refractivity contribution in [2.75, 3.05) is 26.4 Å². The van der Waals surface area contributed by atoms with Gasteiger partial charge in [0.1, 0.15) is 26.4 Å². The second kappa shape index (κ2) is 35.5. The van der Waals surface area contributed by atoms with E-state index in [-0.39, 0.29) is 38.7 Å². The van der Waals surface area contributed by atoms with Crippen LogP contribution in [0.2, 0.25) is 0 Å². The van der Waals surface area contributed by atoms with Crippen molar-refractivity contribution in [3.63, 3.8) is 0 Å². The lowest BCUT2D eigenvalue weighted by molar-refractivity contribution is -0.140. The number of unbranched alkanes of at least 4 members (excludes halogenated alkanes) is 2. The quantitative estimate of drug-likeness (QED) is 0.0576. The number of carbonyl (C=O) groups is 4. The Bertz CT molecular complexity index is 902. The van der Waals surface area contributed by atoms with E-state index < -0.39 is 0 Å². The van der Waals surface area contributed by atoms with E-state index in [2.05, 4.69) is 25.2 Å². The molecule has 0 N–H and O–H groups in total. The van der Waals surface area contributed by atoms with Crippen LogP contribution in [0.5, 0.6) is 0 Å². The van der Waals surface area contributed by atoms with E-state index >= 15 is 0 Å². The van der Waals surface area contributed by atoms with Gasteiger partial charge in [-0.25, -0.2) is 0 Å². The smallest absolute Gasteiger partial charge is 0.302 e. The molecule has 0 amide bonds. The van der Waals surface area contributed by atoms with Crippen molar-refractivity contribution < 1.29 is 38.1 Å². The van der Waals surface area contributed by atoms with Gasteiger partial charge < -0.3 is 18.9 Å². The molecule has 0 aromatic rings. The summed E-state index contributed by atoms with van der Waals surface area (Å²) in [6.07, 6.45) is 27.8. The maximum absolute atomic E-state index is 10.6. The van der Waals surface area contributed by atoms with Crippen LogP contribution in [-0.2, 0) is 38.1 Å². The van der Waals surface area contributed by atoms with E-state index in [0.717, 1.165) is 51.4 Å². The van der Waals surface area contributed by atoms with Gasteiger partial charge in [-0.05, 0) is 71.3 Å². The Morgan fingerprint density at radius 2 is 0.682 bits per heavy atom. The molecule has 0 radical (unpaired) electrons. The first-order valence-electron chi connectivity index (χ1n) is 14.5. The molecule has 8 nitrogen and oxygen atoms in total. The molecule has 252 valence electrons. The van der Waals surface area contributed by atoms with Gasteiger partial charge in [-0.1, -0.05) is 80.7 Å². The van der Waals surface area contributed by atoms with Crippen molar-refractivity contribution >= 4 is 23.9 Å². The Hall–Kier alpha value is -3.68. The minimum Gasteiger partial charge on any atom is -0.462 e. The Morgan fingerprint density at radius 3 is 1.07 bits per heavy atom. The normalized spacial score (nSPS) is 11.5. The predicted octanol–water partition coefficient (Wildman–Crippen LogP) is 8.74.